The maximum atomic E-state index is 5.51. The van der Waals surface area contributed by atoms with Crippen molar-refractivity contribution in [2.24, 2.45) is 11.8 Å². The van der Waals surface area contributed by atoms with Crippen LogP contribution in [-0.2, 0) is 24.1 Å². The van der Waals surface area contributed by atoms with Crippen molar-refractivity contribution in [3.63, 3.8) is 0 Å². The number of fused-ring (bicyclic) bond motifs is 3. The number of morpholine rings is 1. The summed E-state index contributed by atoms with van der Waals surface area (Å²) in [6.45, 7) is 9.42. The molecule has 0 spiro atoms. The van der Waals surface area contributed by atoms with Crippen LogP contribution in [0.3, 0.4) is 0 Å². The Morgan fingerprint density at radius 2 is 2.04 bits per heavy atom. The van der Waals surface area contributed by atoms with Gasteiger partial charge >= 0.3 is 0 Å². The zero-order chi connectivity index (χ0) is 18.4. The molecule has 3 aliphatic rings. The molecule has 2 fully saturated rings. The molecule has 27 heavy (non-hydrogen) atoms. The second-order valence-corrected chi connectivity index (χ2v) is 9.91. The minimum absolute atomic E-state index is 0.504. The van der Waals surface area contributed by atoms with Crippen LogP contribution in [-0.4, -0.2) is 42.3 Å². The van der Waals surface area contributed by atoms with Gasteiger partial charge in [-0.2, -0.15) is 0 Å². The summed E-state index contributed by atoms with van der Waals surface area (Å²) in [6, 6.07) is 0.504. The predicted octanol–water partition coefficient (Wildman–Crippen LogP) is 2.44. The molecule has 1 aliphatic heterocycles. The Kier molecular flexibility index (Phi) is 4.82. The van der Waals surface area contributed by atoms with Crippen molar-refractivity contribution < 1.29 is 9.64 Å². The van der Waals surface area contributed by atoms with Gasteiger partial charge in [0.05, 0.1) is 18.6 Å². The molecule has 1 saturated heterocycles. The summed E-state index contributed by atoms with van der Waals surface area (Å²) in [7, 11) is 0. The standard InChI is InChI=1S/C21H30N4OS/c1-13-3-6-16-17(11-13)27-21-19(16)20(22-14(2)15-4-5-15)23-18(24-21)12-25-7-9-26-10-8-25/h13-15H,3-12H2,1-2H3,(H,22,23,24)/p+1/t13-,14-/m0/s1. The van der Waals surface area contributed by atoms with E-state index in [1.165, 1.54) is 52.8 Å². The molecule has 0 bridgehead atoms. The van der Waals surface area contributed by atoms with E-state index in [0.29, 0.717) is 6.04 Å². The molecular weight excluding hydrogens is 356 g/mol. The van der Waals surface area contributed by atoms with Gasteiger partial charge < -0.3 is 15.0 Å². The van der Waals surface area contributed by atoms with Gasteiger partial charge in [0.2, 0.25) is 0 Å². The summed E-state index contributed by atoms with van der Waals surface area (Å²) in [4.78, 5) is 14.4. The van der Waals surface area contributed by atoms with E-state index in [-0.39, 0.29) is 0 Å². The second kappa shape index (κ2) is 7.30. The highest BCUT2D eigenvalue weighted by molar-refractivity contribution is 7.19. The average molecular weight is 388 g/mol. The lowest BCUT2D eigenvalue weighted by Crippen LogP contribution is -3.12. The van der Waals surface area contributed by atoms with Crippen LogP contribution >= 0.6 is 11.3 Å². The number of nitrogens with zero attached hydrogens (tertiary/aromatic N) is 2. The molecule has 5 rings (SSSR count). The third-order valence-corrected chi connectivity index (χ3v) is 7.65. The van der Waals surface area contributed by atoms with Crippen molar-refractivity contribution >= 4 is 27.4 Å². The molecular formula is C21H31N4OS+. The molecule has 146 valence electrons. The maximum absolute atomic E-state index is 5.51. The van der Waals surface area contributed by atoms with Crippen LogP contribution in [0.5, 0.6) is 0 Å². The molecule has 3 heterocycles. The molecule has 0 radical (unpaired) electrons. The highest BCUT2D eigenvalue weighted by Crippen LogP contribution is 2.41. The van der Waals surface area contributed by atoms with E-state index in [9.17, 15) is 0 Å². The summed E-state index contributed by atoms with van der Waals surface area (Å²) >= 11 is 1.92. The molecule has 2 N–H and O–H groups in total. The lowest BCUT2D eigenvalue weighted by molar-refractivity contribution is -0.922. The fourth-order valence-electron chi connectivity index (χ4n) is 4.56. The lowest BCUT2D eigenvalue weighted by atomic mass is 9.89. The second-order valence-electron chi connectivity index (χ2n) is 8.83. The van der Waals surface area contributed by atoms with E-state index in [2.05, 4.69) is 19.2 Å². The molecule has 2 atom stereocenters. The van der Waals surface area contributed by atoms with Gasteiger partial charge in [0, 0.05) is 10.9 Å². The quantitative estimate of drug-likeness (QED) is 0.827. The van der Waals surface area contributed by atoms with Crippen molar-refractivity contribution in [1.82, 2.24) is 9.97 Å². The van der Waals surface area contributed by atoms with Crippen LogP contribution in [0, 0.1) is 11.8 Å². The van der Waals surface area contributed by atoms with Crippen molar-refractivity contribution in [2.45, 2.75) is 58.5 Å². The number of ether oxygens (including phenoxy) is 1. The predicted molar refractivity (Wildman–Crippen MR) is 110 cm³/mol. The number of quaternary nitrogens is 1. The number of thiophene rings is 1. The Morgan fingerprint density at radius 1 is 1.22 bits per heavy atom. The van der Waals surface area contributed by atoms with Crippen LogP contribution in [0.2, 0.25) is 0 Å². The van der Waals surface area contributed by atoms with Crippen LogP contribution in [0.25, 0.3) is 10.2 Å². The first-order valence-corrected chi connectivity index (χ1v) is 11.5. The van der Waals surface area contributed by atoms with E-state index in [0.717, 1.165) is 56.3 Å². The number of hydrogen-bond acceptors (Lipinski definition) is 5. The zero-order valence-corrected chi connectivity index (χ0v) is 17.3. The first-order valence-electron chi connectivity index (χ1n) is 10.7. The average Bonchev–Trinajstić information content (AvgIpc) is 3.44. The molecule has 2 aliphatic carbocycles. The Balaban J connectivity index is 1.51. The first kappa shape index (κ1) is 17.8. The summed E-state index contributed by atoms with van der Waals surface area (Å²) in [6.07, 6.45) is 6.38. The lowest BCUT2D eigenvalue weighted by Gasteiger charge is -2.23. The molecule has 1 saturated carbocycles. The maximum Gasteiger partial charge on any atom is 0.187 e. The summed E-state index contributed by atoms with van der Waals surface area (Å²) < 4.78 is 5.51. The van der Waals surface area contributed by atoms with Crippen molar-refractivity contribution in [2.75, 3.05) is 31.6 Å². The monoisotopic (exact) mass is 387 g/mol. The van der Waals surface area contributed by atoms with Gasteiger partial charge in [-0.25, -0.2) is 9.97 Å². The normalized spacial score (nSPS) is 24.7. The fraction of sp³-hybridized carbons (Fsp3) is 0.714. The van der Waals surface area contributed by atoms with Crippen molar-refractivity contribution in [3.8, 4) is 0 Å². The first-order chi connectivity index (χ1) is 13.2. The smallest absolute Gasteiger partial charge is 0.187 e. The number of anilines is 1. The highest BCUT2D eigenvalue weighted by Gasteiger charge is 2.30. The van der Waals surface area contributed by atoms with Gasteiger partial charge in [-0.1, -0.05) is 6.92 Å². The Morgan fingerprint density at radius 3 is 2.81 bits per heavy atom. The Hall–Kier alpha value is -1.24. The van der Waals surface area contributed by atoms with Gasteiger partial charge in [-0.15, -0.1) is 11.3 Å². The summed E-state index contributed by atoms with van der Waals surface area (Å²) in [5.74, 6) is 3.71. The molecule has 2 aromatic rings. The highest BCUT2D eigenvalue weighted by atomic mass is 32.1. The van der Waals surface area contributed by atoms with E-state index < -0.39 is 0 Å². The fourth-order valence-corrected chi connectivity index (χ4v) is 5.96. The summed E-state index contributed by atoms with van der Waals surface area (Å²) in [5.41, 5.74) is 1.53. The van der Waals surface area contributed by atoms with Gasteiger partial charge in [0.25, 0.3) is 0 Å². The van der Waals surface area contributed by atoms with E-state index in [1.807, 2.05) is 11.3 Å². The Labute approximate surface area is 165 Å². The van der Waals surface area contributed by atoms with Crippen LogP contribution in [0.15, 0.2) is 0 Å². The van der Waals surface area contributed by atoms with Crippen molar-refractivity contribution in [1.29, 1.82) is 0 Å². The molecule has 0 aromatic carbocycles. The number of aryl methyl sites for hydroxylation is 1. The van der Waals surface area contributed by atoms with Crippen molar-refractivity contribution in [3.05, 3.63) is 16.3 Å². The molecule has 0 amide bonds. The van der Waals surface area contributed by atoms with Crippen LogP contribution in [0.1, 0.15) is 49.4 Å². The zero-order valence-electron chi connectivity index (χ0n) is 16.5. The molecule has 5 nitrogen and oxygen atoms in total. The number of rotatable bonds is 5. The topological polar surface area (TPSA) is 51.5 Å². The van der Waals surface area contributed by atoms with Gasteiger partial charge in [-0.05, 0) is 56.4 Å². The third kappa shape index (κ3) is 3.71. The largest absolute Gasteiger partial charge is 0.370 e. The van der Waals surface area contributed by atoms with E-state index in [1.54, 1.807) is 4.88 Å². The van der Waals surface area contributed by atoms with Gasteiger partial charge in [0.1, 0.15) is 30.3 Å². The van der Waals surface area contributed by atoms with E-state index in [4.69, 9.17) is 14.7 Å². The molecule has 6 heteroatoms. The number of hydrogen-bond donors (Lipinski definition) is 2. The minimum Gasteiger partial charge on any atom is -0.370 e. The number of nitrogens with one attached hydrogen (secondary N) is 2. The molecule has 2 aromatic heterocycles. The van der Waals surface area contributed by atoms with Crippen LogP contribution in [0.4, 0.5) is 5.82 Å². The molecule has 0 unspecified atom stereocenters. The van der Waals surface area contributed by atoms with Gasteiger partial charge in [-0.3, -0.25) is 0 Å². The number of aromatic nitrogens is 2. The SMILES string of the molecule is C[C@H]1CCc2c(sc3nc(C[NH+]4CCOCC4)nc(N[C@@H](C)C4CC4)c23)C1. The van der Waals surface area contributed by atoms with E-state index >= 15 is 0 Å². The summed E-state index contributed by atoms with van der Waals surface area (Å²) in [5, 5.41) is 5.12. The van der Waals surface area contributed by atoms with Gasteiger partial charge in [0.15, 0.2) is 5.82 Å². The minimum atomic E-state index is 0.504. The third-order valence-electron chi connectivity index (χ3n) is 6.50. The van der Waals surface area contributed by atoms with Crippen LogP contribution < -0.4 is 10.2 Å². The Bertz CT molecular complexity index is 825.